The second kappa shape index (κ2) is 8.22. The molecule has 1 aromatic carbocycles. The minimum absolute atomic E-state index is 0.144. The number of rotatable bonds is 7. The lowest BCUT2D eigenvalue weighted by Gasteiger charge is -2.13. The predicted octanol–water partition coefficient (Wildman–Crippen LogP) is 4.37. The van der Waals surface area contributed by atoms with Crippen LogP contribution in [-0.4, -0.2) is 0 Å². The Morgan fingerprint density at radius 2 is 1.74 bits per heavy atom. The third kappa shape index (κ3) is 6.02. The molecule has 1 aromatic rings. The molecule has 0 aliphatic rings. The van der Waals surface area contributed by atoms with Crippen molar-refractivity contribution in [3.8, 4) is 0 Å². The maximum Gasteiger partial charge on any atom is 0.146 e. The SMILES string of the molecule is C=C(N)C(/C=C(/F)C(=C)N)=C(/C)Nc1ccc(CC(C)C)cc1. The summed E-state index contributed by atoms with van der Waals surface area (Å²) in [5, 5.41) is 3.21. The number of hydrogen-bond donors (Lipinski definition) is 3. The molecule has 23 heavy (non-hydrogen) atoms. The maximum absolute atomic E-state index is 13.7. The number of allylic oxidation sites excluding steroid dienone is 3. The Bertz CT molecular complexity index is 637. The molecule has 0 bridgehead atoms. The summed E-state index contributed by atoms with van der Waals surface area (Å²) >= 11 is 0. The van der Waals surface area contributed by atoms with Crippen LogP contribution in [0.2, 0.25) is 0 Å². The third-order valence-corrected chi connectivity index (χ3v) is 3.26. The Hall–Kier alpha value is -2.49. The van der Waals surface area contributed by atoms with E-state index in [2.05, 4.69) is 44.5 Å². The average Bonchev–Trinajstić information content (AvgIpc) is 2.45. The molecule has 0 spiro atoms. The van der Waals surface area contributed by atoms with E-state index in [1.807, 2.05) is 12.1 Å². The van der Waals surface area contributed by atoms with Crippen molar-refractivity contribution in [3.05, 3.63) is 77.6 Å². The first-order valence-electron chi connectivity index (χ1n) is 7.54. The van der Waals surface area contributed by atoms with E-state index < -0.39 is 5.83 Å². The third-order valence-electron chi connectivity index (χ3n) is 3.26. The second-order valence-corrected chi connectivity index (χ2v) is 6.00. The molecule has 0 unspecified atom stereocenters. The lowest BCUT2D eigenvalue weighted by Crippen LogP contribution is -2.07. The zero-order chi connectivity index (χ0) is 17.6. The molecule has 0 amide bonds. The molecule has 3 nitrogen and oxygen atoms in total. The van der Waals surface area contributed by atoms with E-state index in [0.717, 1.165) is 12.1 Å². The van der Waals surface area contributed by atoms with Crippen molar-refractivity contribution in [2.75, 3.05) is 5.32 Å². The van der Waals surface area contributed by atoms with Gasteiger partial charge in [-0.2, -0.15) is 0 Å². The molecule has 0 aliphatic heterocycles. The number of benzene rings is 1. The van der Waals surface area contributed by atoms with Gasteiger partial charge in [0.2, 0.25) is 0 Å². The molecule has 0 fully saturated rings. The number of hydrogen-bond acceptors (Lipinski definition) is 3. The van der Waals surface area contributed by atoms with E-state index in [1.165, 1.54) is 11.6 Å². The van der Waals surface area contributed by atoms with E-state index in [-0.39, 0.29) is 11.4 Å². The highest BCUT2D eigenvalue weighted by atomic mass is 19.1. The van der Waals surface area contributed by atoms with Crippen LogP contribution < -0.4 is 16.8 Å². The van der Waals surface area contributed by atoms with Crippen LogP contribution in [0.4, 0.5) is 10.1 Å². The summed E-state index contributed by atoms with van der Waals surface area (Å²) in [5.41, 5.74) is 14.5. The molecule has 1 rings (SSSR count). The maximum atomic E-state index is 13.7. The van der Waals surface area contributed by atoms with Crippen LogP contribution in [-0.2, 0) is 6.42 Å². The van der Waals surface area contributed by atoms with Crippen molar-refractivity contribution in [3.63, 3.8) is 0 Å². The highest BCUT2D eigenvalue weighted by Gasteiger charge is 2.06. The van der Waals surface area contributed by atoms with Gasteiger partial charge in [-0.15, -0.1) is 0 Å². The van der Waals surface area contributed by atoms with Crippen LogP contribution in [0.25, 0.3) is 0 Å². The van der Waals surface area contributed by atoms with Gasteiger partial charge in [0.25, 0.3) is 0 Å². The summed E-state index contributed by atoms with van der Waals surface area (Å²) < 4.78 is 13.7. The van der Waals surface area contributed by atoms with Crippen molar-refractivity contribution in [2.24, 2.45) is 17.4 Å². The Morgan fingerprint density at radius 1 is 1.17 bits per heavy atom. The molecule has 4 heteroatoms. The van der Waals surface area contributed by atoms with Gasteiger partial charge in [0.05, 0.1) is 5.70 Å². The van der Waals surface area contributed by atoms with Gasteiger partial charge >= 0.3 is 0 Å². The van der Waals surface area contributed by atoms with E-state index in [9.17, 15) is 4.39 Å². The molecular weight excluding hydrogens is 289 g/mol. The average molecular weight is 315 g/mol. The Labute approximate surface area is 138 Å². The highest BCUT2D eigenvalue weighted by molar-refractivity contribution is 5.54. The number of halogens is 1. The second-order valence-electron chi connectivity index (χ2n) is 6.00. The Morgan fingerprint density at radius 3 is 2.17 bits per heavy atom. The fourth-order valence-electron chi connectivity index (χ4n) is 2.14. The van der Waals surface area contributed by atoms with Crippen molar-refractivity contribution >= 4 is 5.69 Å². The van der Waals surface area contributed by atoms with Gasteiger partial charge in [-0.25, -0.2) is 4.39 Å². The molecule has 0 saturated heterocycles. The molecular formula is C19H26FN3. The molecule has 0 saturated carbocycles. The zero-order valence-electron chi connectivity index (χ0n) is 14.1. The largest absolute Gasteiger partial charge is 0.399 e. The molecule has 124 valence electrons. The Balaban J connectivity index is 3.01. The van der Waals surface area contributed by atoms with E-state index in [1.54, 1.807) is 6.92 Å². The molecule has 0 aromatic heterocycles. The van der Waals surface area contributed by atoms with E-state index in [4.69, 9.17) is 11.5 Å². The van der Waals surface area contributed by atoms with Gasteiger partial charge in [0.1, 0.15) is 5.83 Å². The summed E-state index contributed by atoms with van der Waals surface area (Å²) in [5.74, 6) is -0.0138. The first-order valence-corrected chi connectivity index (χ1v) is 7.54. The van der Waals surface area contributed by atoms with Crippen LogP contribution in [0.3, 0.4) is 0 Å². The van der Waals surface area contributed by atoms with Crippen LogP contribution >= 0.6 is 0 Å². The minimum atomic E-state index is -0.625. The van der Waals surface area contributed by atoms with Gasteiger partial charge in [-0.1, -0.05) is 39.1 Å². The summed E-state index contributed by atoms with van der Waals surface area (Å²) in [6.45, 7) is 13.2. The van der Waals surface area contributed by atoms with Crippen molar-refractivity contribution < 1.29 is 4.39 Å². The van der Waals surface area contributed by atoms with Crippen LogP contribution in [0.15, 0.2) is 72.0 Å². The van der Waals surface area contributed by atoms with Crippen molar-refractivity contribution in [1.82, 2.24) is 0 Å². The summed E-state index contributed by atoms with van der Waals surface area (Å²) in [4.78, 5) is 0. The van der Waals surface area contributed by atoms with Gasteiger partial charge in [0.15, 0.2) is 0 Å². The van der Waals surface area contributed by atoms with Crippen molar-refractivity contribution in [1.29, 1.82) is 0 Å². The smallest absolute Gasteiger partial charge is 0.146 e. The minimum Gasteiger partial charge on any atom is -0.399 e. The van der Waals surface area contributed by atoms with Gasteiger partial charge in [-0.3, -0.25) is 0 Å². The molecule has 0 heterocycles. The first kappa shape index (κ1) is 18.6. The Kier molecular flexibility index (Phi) is 6.64. The molecule has 5 N–H and O–H groups in total. The zero-order valence-corrected chi connectivity index (χ0v) is 14.1. The number of anilines is 1. The van der Waals surface area contributed by atoms with Gasteiger partial charge in [0, 0.05) is 22.7 Å². The van der Waals surface area contributed by atoms with Crippen LogP contribution in [0.5, 0.6) is 0 Å². The molecule has 0 radical (unpaired) electrons. The van der Waals surface area contributed by atoms with Crippen LogP contribution in [0, 0.1) is 5.92 Å². The topological polar surface area (TPSA) is 64.1 Å². The monoisotopic (exact) mass is 315 g/mol. The van der Waals surface area contributed by atoms with Gasteiger partial charge < -0.3 is 16.8 Å². The number of nitrogens with two attached hydrogens (primary N) is 2. The van der Waals surface area contributed by atoms with E-state index in [0.29, 0.717) is 17.2 Å². The van der Waals surface area contributed by atoms with Crippen molar-refractivity contribution in [2.45, 2.75) is 27.2 Å². The summed E-state index contributed by atoms with van der Waals surface area (Å²) in [6.07, 6.45) is 2.27. The first-order chi connectivity index (χ1) is 10.7. The standard InChI is InChI=1S/C19H26FN3/c1-12(2)10-16-6-8-17(9-7-16)23-15(5)18(13(3)21)11-19(20)14(4)22/h6-9,11-12,23H,3-4,10,21-22H2,1-2,5H3/b18-15-,19-11+. The summed E-state index contributed by atoms with van der Waals surface area (Å²) in [6, 6.07) is 8.12. The summed E-state index contributed by atoms with van der Waals surface area (Å²) in [7, 11) is 0. The highest BCUT2D eigenvalue weighted by Crippen LogP contribution is 2.20. The quantitative estimate of drug-likeness (QED) is 0.655. The van der Waals surface area contributed by atoms with Crippen LogP contribution in [0.1, 0.15) is 26.3 Å². The normalized spacial score (nSPS) is 12.8. The lowest BCUT2D eigenvalue weighted by molar-refractivity contribution is 0.647. The molecule has 0 atom stereocenters. The fourth-order valence-corrected chi connectivity index (χ4v) is 2.14. The predicted molar refractivity (Wildman–Crippen MR) is 97.2 cm³/mol. The number of nitrogens with one attached hydrogen (secondary N) is 1. The van der Waals surface area contributed by atoms with E-state index >= 15 is 0 Å². The molecule has 0 aliphatic carbocycles. The fraction of sp³-hybridized carbons (Fsp3) is 0.263. The lowest BCUT2D eigenvalue weighted by atomic mass is 10.0. The van der Waals surface area contributed by atoms with Gasteiger partial charge in [-0.05, 0) is 43.0 Å².